The van der Waals surface area contributed by atoms with Crippen molar-refractivity contribution < 1.29 is 18.7 Å². The summed E-state index contributed by atoms with van der Waals surface area (Å²) in [5.41, 5.74) is 4.20. The first-order valence-electron chi connectivity index (χ1n) is 10.1. The van der Waals surface area contributed by atoms with Crippen molar-refractivity contribution in [3.05, 3.63) is 76.0 Å². The highest BCUT2D eigenvalue weighted by molar-refractivity contribution is 7.07. The number of benzene rings is 2. The zero-order chi connectivity index (χ0) is 21.6. The van der Waals surface area contributed by atoms with Crippen LogP contribution >= 0.6 is 11.3 Å². The van der Waals surface area contributed by atoms with Gasteiger partial charge < -0.3 is 14.4 Å². The van der Waals surface area contributed by atoms with E-state index in [1.165, 1.54) is 24.5 Å². The Labute approximate surface area is 184 Å². The number of aromatic nitrogens is 1. The van der Waals surface area contributed by atoms with Gasteiger partial charge in [0.15, 0.2) is 11.6 Å². The lowest BCUT2D eigenvalue weighted by atomic mass is 10.1. The minimum absolute atomic E-state index is 0.0150. The number of thiazole rings is 1. The number of hydrogen-bond donors (Lipinski definition) is 0. The van der Waals surface area contributed by atoms with E-state index in [0.717, 1.165) is 24.3 Å². The molecule has 2 aromatic carbocycles. The molecule has 0 atom stereocenters. The Hall–Kier alpha value is -2.97. The SMILES string of the molecule is COc1ccc(CN2CCN(C(=O)c3ccc(OCc4cscn4)cc3)CC2)cc1F. The Bertz CT molecular complexity index is 1000. The second-order valence-electron chi connectivity index (χ2n) is 7.33. The number of rotatable bonds is 7. The Morgan fingerprint density at radius 1 is 1.13 bits per heavy atom. The van der Waals surface area contributed by atoms with Crippen molar-refractivity contribution in [2.75, 3.05) is 33.3 Å². The summed E-state index contributed by atoms with van der Waals surface area (Å²) in [6, 6.07) is 12.2. The van der Waals surface area contributed by atoms with Gasteiger partial charge in [0.2, 0.25) is 0 Å². The molecule has 31 heavy (non-hydrogen) atoms. The molecule has 1 saturated heterocycles. The summed E-state index contributed by atoms with van der Waals surface area (Å²) in [6.07, 6.45) is 0. The third-order valence-corrected chi connectivity index (χ3v) is 5.89. The molecular weight excluding hydrogens is 417 g/mol. The fourth-order valence-corrected chi connectivity index (χ4v) is 4.06. The molecule has 0 saturated carbocycles. The number of amides is 1. The molecule has 0 radical (unpaired) electrons. The van der Waals surface area contributed by atoms with Crippen LogP contribution in [0.4, 0.5) is 4.39 Å². The molecular formula is C23H24FN3O3S. The van der Waals surface area contributed by atoms with E-state index >= 15 is 0 Å². The van der Waals surface area contributed by atoms with Crippen molar-refractivity contribution in [3.63, 3.8) is 0 Å². The van der Waals surface area contributed by atoms with Gasteiger partial charge in [-0.25, -0.2) is 9.37 Å². The van der Waals surface area contributed by atoms with Crippen LogP contribution in [0.5, 0.6) is 11.5 Å². The molecule has 1 aromatic heterocycles. The molecule has 6 nitrogen and oxygen atoms in total. The molecule has 1 amide bonds. The van der Waals surface area contributed by atoms with Crippen LogP contribution in [0, 0.1) is 5.82 Å². The zero-order valence-corrected chi connectivity index (χ0v) is 18.1. The van der Waals surface area contributed by atoms with Gasteiger partial charge in [-0.15, -0.1) is 11.3 Å². The third-order valence-electron chi connectivity index (χ3n) is 5.25. The van der Waals surface area contributed by atoms with Gasteiger partial charge >= 0.3 is 0 Å². The first-order chi connectivity index (χ1) is 15.1. The molecule has 0 N–H and O–H groups in total. The van der Waals surface area contributed by atoms with Crippen molar-refractivity contribution in [1.82, 2.24) is 14.8 Å². The predicted octanol–water partition coefficient (Wildman–Crippen LogP) is 3.83. The number of hydrogen-bond acceptors (Lipinski definition) is 6. The second-order valence-corrected chi connectivity index (χ2v) is 8.05. The normalized spacial score (nSPS) is 14.5. The van der Waals surface area contributed by atoms with Crippen LogP contribution in [-0.4, -0.2) is 54.0 Å². The van der Waals surface area contributed by atoms with E-state index in [2.05, 4.69) is 9.88 Å². The predicted molar refractivity (Wildman–Crippen MR) is 117 cm³/mol. The minimum Gasteiger partial charge on any atom is -0.494 e. The number of nitrogens with zero attached hydrogens (tertiary/aromatic N) is 3. The molecule has 0 aliphatic carbocycles. The molecule has 8 heteroatoms. The minimum atomic E-state index is -0.354. The van der Waals surface area contributed by atoms with Crippen molar-refractivity contribution in [3.8, 4) is 11.5 Å². The number of piperazine rings is 1. The quantitative estimate of drug-likeness (QED) is 0.558. The first kappa shape index (κ1) is 21.3. The van der Waals surface area contributed by atoms with Crippen molar-refractivity contribution in [1.29, 1.82) is 0 Å². The maximum atomic E-state index is 13.9. The van der Waals surface area contributed by atoms with Crippen LogP contribution in [0.1, 0.15) is 21.6 Å². The van der Waals surface area contributed by atoms with Gasteiger partial charge in [0.05, 0.1) is 18.3 Å². The Morgan fingerprint density at radius 3 is 2.55 bits per heavy atom. The Kier molecular flexibility index (Phi) is 6.79. The standard InChI is InChI=1S/C23H24FN3O3S/c1-29-22-7-2-17(12-21(22)24)13-26-8-10-27(11-9-26)23(28)18-3-5-20(6-4-18)30-14-19-15-31-16-25-19/h2-7,12,15-16H,8-11,13-14H2,1H3. The van der Waals surface area contributed by atoms with E-state index < -0.39 is 0 Å². The summed E-state index contributed by atoms with van der Waals surface area (Å²) in [5.74, 6) is 0.619. The fraction of sp³-hybridized carbons (Fsp3) is 0.304. The zero-order valence-electron chi connectivity index (χ0n) is 17.3. The first-order valence-corrected chi connectivity index (χ1v) is 11.0. The third kappa shape index (κ3) is 5.39. The van der Waals surface area contributed by atoms with Gasteiger partial charge in [0.25, 0.3) is 5.91 Å². The van der Waals surface area contributed by atoms with Gasteiger partial charge in [0.1, 0.15) is 12.4 Å². The highest BCUT2D eigenvalue weighted by Crippen LogP contribution is 2.20. The fourth-order valence-electron chi connectivity index (χ4n) is 3.52. The van der Waals surface area contributed by atoms with E-state index in [0.29, 0.717) is 37.6 Å². The van der Waals surface area contributed by atoms with Crippen LogP contribution < -0.4 is 9.47 Å². The molecule has 0 bridgehead atoms. The maximum Gasteiger partial charge on any atom is 0.253 e. The van der Waals surface area contributed by atoms with Gasteiger partial charge in [-0.2, -0.15) is 0 Å². The van der Waals surface area contributed by atoms with E-state index in [-0.39, 0.29) is 17.5 Å². The lowest BCUT2D eigenvalue weighted by Gasteiger charge is -2.34. The number of carbonyl (C=O) groups is 1. The summed E-state index contributed by atoms with van der Waals surface area (Å²) in [7, 11) is 1.46. The molecule has 3 aromatic rings. The van der Waals surface area contributed by atoms with Crippen LogP contribution in [0.2, 0.25) is 0 Å². The molecule has 2 heterocycles. The molecule has 0 spiro atoms. The van der Waals surface area contributed by atoms with Crippen LogP contribution in [0.3, 0.4) is 0 Å². The lowest BCUT2D eigenvalue weighted by Crippen LogP contribution is -2.48. The molecule has 1 aliphatic rings. The average molecular weight is 442 g/mol. The van der Waals surface area contributed by atoms with E-state index in [1.807, 2.05) is 28.5 Å². The smallest absolute Gasteiger partial charge is 0.253 e. The molecule has 1 fully saturated rings. The van der Waals surface area contributed by atoms with Crippen molar-refractivity contribution in [2.24, 2.45) is 0 Å². The summed E-state index contributed by atoms with van der Waals surface area (Å²) >= 11 is 1.53. The number of carbonyl (C=O) groups excluding carboxylic acids is 1. The average Bonchev–Trinajstić information content (AvgIpc) is 3.32. The van der Waals surface area contributed by atoms with Gasteiger partial charge in [0, 0.05) is 43.7 Å². The highest BCUT2D eigenvalue weighted by Gasteiger charge is 2.22. The molecule has 162 valence electrons. The Balaban J connectivity index is 1.27. The number of halogens is 1. The second kappa shape index (κ2) is 9.89. The molecule has 0 unspecified atom stereocenters. The highest BCUT2D eigenvalue weighted by atomic mass is 32.1. The van der Waals surface area contributed by atoms with E-state index in [4.69, 9.17) is 9.47 Å². The molecule has 4 rings (SSSR count). The monoisotopic (exact) mass is 441 g/mol. The van der Waals surface area contributed by atoms with E-state index in [1.54, 1.807) is 23.7 Å². The summed E-state index contributed by atoms with van der Waals surface area (Å²) < 4.78 is 24.6. The van der Waals surface area contributed by atoms with Gasteiger partial charge in [-0.1, -0.05) is 6.07 Å². The summed E-state index contributed by atoms with van der Waals surface area (Å²) in [5, 5.41) is 1.95. The van der Waals surface area contributed by atoms with Gasteiger partial charge in [-0.3, -0.25) is 9.69 Å². The van der Waals surface area contributed by atoms with Gasteiger partial charge in [-0.05, 0) is 42.0 Å². The van der Waals surface area contributed by atoms with Crippen molar-refractivity contribution in [2.45, 2.75) is 13.2 Å². The lowest BCUT2D eigenvalue weighted by molar-refractivity contribution is 0.0628. The molecule has 1 aliphatic heterocycles. The topological polar surface area (TPSA) is 54.9 Å². The van der Waals surface area contributed by atoms with Crippen molar-refractivity contribution >= 4 is 17.2 Å². The van der Waals surface area contributed by atoms with E-state index in [9.17, 15) is 9.18 Å². The number of methoxy groups -OCH3 is 1. The summed E-state index contributed by atoms with van der Waals surface area (Å²) in [4.78, 5) is 21.1. The largest absolute Gasteiger partial charge is 0.494 e. The number of ether oxygens (including phenoxy) is 2. The van der Waals surface area contributed by atoms with Crippen LogP contribution in [-0.2, 0) is 13.2 Å². The Morgan fingerprint density at radius 2 is 1.90 bits per heavy atom. The summed E-state index contributed by atoms with van der Waals surface area (Å²) in [6.45, 7) is 3.83. The maximum absolute atomic E-state index is 13.9. The van der Waals surface area contributed by atoms with Crippen LogP contribution in [0.25, 0.3) is 0 Å². The van der Waals surface area contributed by atoms with Crippen LogP contribution in [0.15, 0.2) is 53.4 Å².